The third-order valence-corrected chi connectivity index (χ3v) is 5.47. The Bertz CT molecular complexity index is 651. The molecule has 0 bridgehead atoms. The summed E-state index contributed by atoms with van der Waals surface area (Å²) < 4.78 is 5.10. The Morgan fingerprint density at radius 1 is 1.52 bits per heavy atom. The van der Waals surface area contributed by atoms with Crippen LogP contribution in [0.5, 0.6) is 0 Å². The zero-order valence-corrected chi connectivity index (χ0v) is 14.1. The van der Waals surface area contributed by atoms with E-state index in [4.69, 9.17) is 4.52 Å². The van der Waals surface area contributed by atoms with Crippen LogP contribution >= 0.6 is 11.3 Å². The maximum absolute atomic E-state index is 12.9. The van der Waals surface area contributed by atoms with Gasteiger partial charge in [0.25, 0.3) is 5.91 Å². The molecule has 3 rings (SSSR count). The van der Waals surface area contributed by atoms with E-state index in [9.17, 15) is 9.90 Å². The molecule has 2 aromatic rings. The zero-order chi connectivity index (χ0) is 16.2. The third-order valence-electron chi connectivity index (χ3n) is 4.54. The molecule has 1 aliphatic rings. The lowest BCUT2D eigenvalue weighted by Gasteiger charge is -2.35. The van der Waals surface area contributed by atoms with Gasteiger partial charge in [0, 0.05) is 17.5 Å². The number of amides is 1. The van der Waals surface area contributed by atoms with Crippen LogP contribution in [-0.4, -0.2) is 33.7 Å². The van der Waals surface area contributed by atoms with Crippen LogP contribution < -0.4 is 0 Å². The van der Waals surface area contributed by atoms with Crippen molar-refractivity contribution in [2.45, 2.75) is 51.7 Å². The van der Waals surface area contributed by atoms with E-state index >= 15 is 0 Å². The van der Waals surface area contributed by atoms with Gasteiger partial charge in [0.1, 0.15) is 5.76 Å². The molecule has 1 aliphatic heterocycles. The molecule has 0 aliphatic carbocycles. The highest BCUT2D eigenvalue weighted by molar-refractivity contribution is 7.09. The molecular weight excluding hydrogens is 312 g/mol. The lowest BCUT2D eigenvalue weighted by atomic mass is 9.96. The van der Waals surface area contributed by atoms with Gasteiger partial charge in [-0.3, -0.25) is 4.79 Å². The van der Waals surface area contributed by atoms with E-state index in [0.29, 0.717) is 11.3 Å². The molecule has 5 nitrogen and oxygen atoms in total. The molecule has 124 valence electrons. The molecule has 3 heterocycles. The highest BCUT2D eigenvalue weighted by Gasteiger charge is 2.31. The summed E-state index contributed by atoms with van der Waals surface area (Å²) in [4.78, 5) is 16.1. The van der Waals surface area contributed by atoms with Gasteiger partial charge in [0.05, 0.1) is 12.2 Å². The molecule has 1 amide bonds. The largest absolute Gasteiger partial charge is 0.391 e. The van der Waals surface area contributed by atoms with Crippen molar-refractivity contribution in [3.05, 3.63) is 39.4 Å². The number of likely N-dealkylation sites (tertiary alicyclic amines) is 1. The molecule has 0 radical (unpaired) electrons. The first-order valence-corrected chi connectivity index (χ1v) is 8.98. The van der Waals surface area contributed by atoms with Crippen LogP contribution in [0.4, 0.5) is 0 Å². The van der Waals surface area contributed by atoms with E-state index in [0.717, 1.165) is 38.6 Å². The molecule has 6 heteroatoms. The topological polar surface area (TPSA) is 66.6 Å². The van der Waals surface area contributed by atoms with Crippen molar-refractivity contribution in [2.75, 3.05) is 6.54 Å². The minimum absolute atomic E-state index is 0.109. The molecule has 0 spiro atoms. The minimum Gasteiger partial charge on any atom is -0.391 e. The summed E-state index contributed by atoms with van der Waals surface area (Å²) in [5.74, 6) is 0.407. The molecule has 2 aromatic heterocycles. The number of carbonyl (C=O) groups is 1. The maximum Gasteiger partial charge on any atom is 0.276 e. The summed E-state index contributed by atoms with van der Waals surface area (Å²) in [6.07, 6.45) is 5.17. The first kappa shape index (κ1) is 16.2. The molecule has 1 fully saturated rings. The number of carbonyl (C=O) groups excluding carboxylic acids is 1. The van der Waals surface area contributed by atoms with Gasteiger partial charge < -0.3 is 14.5 Å². The summed E-state index contributed by atoms with van der Waals surface area (Å²) >= 11 is 1.76. The van der Waals surface area contributed by atoms with Crippen LogP contribution in [0, 0.1) is 6.92 Å². The Balaban J connectivity index is 1.73. The van der Waals surface area contributed by atoms with Crippen LogP contribution in [-0.2, 0) is 13.0 Å². The Morgan fingerprint density at radius 3 is 3.13 bits per heavy atom. The highest BCUT2D eigenvalue weighted by Crippen LogP contribution is 2.25. The quantitative estimate of drug-likeness (QED) is 0.912. The maximum atomic E-state index is 12.9. The van der Waals surface area contributed by atoms with Gasteiger partial charge >= 0.3 is 0 Å². The van der Waals surface area contributed by atoms with Gasteiger partial charge in [-0.15, -0.1) is 11.3 Å². The predicted octanol–water partition coefficient (Wildman–Crippen LogP) is 3.16. The molecule has 1 N–H and O–H groups in total. The van der Waals surface area contributed by atoms with Crippen LogP contribution in [0.25, 0.3) is 0 Å². The second-order valence-corrected chi connectivity index (χ2v) is 7.02. The zero-order valence-electron chi connectivity index (χ0n) is 13.3. The second-order valence-electron chi connectivity index (χ2n) is 5.99. The number of hydrogen-bond donors (Lipinski definition) is 1. The van der Waals surface area contributed by atoms with Crippen LogP contribution in [0.3, 0.4) is 0 Å². The van der Waals surface area contributed by atoms with Gasteiger partial charge in [-0.25, -0.2) is 0 Å². The predicted molar refractivity (Wildman–Crippen MR) is 88.5 cm³/mol. The van der Waals surface area contributed by atoms with Gasteiger partial charge in [-0.05, 0) is 50.5 Å². The fourth-order valence-electron chi connectivity index (χ4n) is 3.21. The summed E-state index contributed by atoms with van der Waals surface area (Å²) in [6, 6.07) is 4.45. The van der Waals surface area contributed by atoms with E-state index in [1.807, 2.05) is 4.90 Å². The number of hydrogen-bond acceptors (Lipinski definition) is 5. The second kappa shape index (κ2) is 7.27. The number of aliphatic hydroxyl groups excluding tert-OH is 1. The molecule has 0 aromatic carbocycles. The van der Waals surface area contributed by atoms with E-state index in [2.05, 4.69) is 22.7 Å². The molecule has 1 saturated heterocycles. The standard InChI is InChI=1S/C17H22N2O3S/c1-12-15(11-20)16(18-22-12)17(21)19-9-3-2-5-13(19)7-8-14-6-4-10-23-14/h4,6,10,13,20H,2-3,5,7-9,11H2,1H3. The van der Waals surface area contributed by atoms with Gasteiger partial charge in [0.2, 0.25) is 0 Å². The summed E-state index contributed by atoms with van der Waals surface area (Å²) in [6.45, 7) is 2.26. The van der Waals surface area contributed by atoms with Crippen molar-refractivity contribution in [1.29, 1.82) is 0 Å². The van der Waals surface area contributed by atoms with Crippen molar-refractivity contribution >= 4 is 17.2 Å². The Hall–Kier alpha value is -1.66. The number of piperidine rings is 1. The molecule has 23 heavy (non-hydrogen) atoms. The van der Waals surface area contributed by atoms with E-state index in [-0.39, 0.29) is 24.2 Å². The van der Waals surface area contributed by atoms with Crippen molar-refractivity contribution in [1.82, 2.24) is 10.1 Å². The number of aliphatic hydroxyl groups is 1. The number of thiophene rings is 1. The number of aromatic nitrogens is 1. The normalized spacial score (nSPS) is 18.3. The molecule has 0 saturated carbocycles. The number of rotatable bonds is 5. The number of aryl methyl sites for hydroxylation is 2. The van der Waals surface area contributed by atoms with Crippen molar-refractivity contribution in [2.24, 2.45) is 0 Å². The first-order valence-electron chi connectivity index (χ1n) is 8.10. The first-order chi connectivity index (χ1) is 11.2. The number of nitrogens with zero attached hydrogens (tertiary/aromatic N) is 2. The third kappa shape index (κ3) is 3.48. The summed E-state index contributed by atoms with van der Waals surface area (Å²) in [7, 11) is 0. The summed E-state index contributed by atoms with van der Waals surface area (Å²) in [5.41, 5.74) is 0.783. The van der Waals surface area contributed by atoms with Crippen molar-refractivity contribution in [3.63, 3.8) is 0 Å². The SMILES string of the molecule is Cc1onc(C(=O)N2CCCCC2CCc2cccs2)c1CO. The summed E-state index contributed by atoms with van der Waals surface area (Å²) in [5, 5.41) is 15.4. The fraction of sp³-hybridized carbons (Fsp3) is 0.529. The Kier molecular flexibility index (Phi) is 5.13. The van der Waals surface area contributed by atoms with Gasteiger partial charge in [-0.1, -0.05) is 11.2 Å². The minimum atomic E-state index is -0.218. The van der Waals surface area contributed by atoms with Crippen LogP contribution in [0.15, 0.2) is 22.0 Å². The van der Waals surface area contributed by atoms with E-state index < -0.39 is 0 Å². The van der Waals surface area contributed by atoms with Crippen molar-refractivity contribution in [3.8, 4) is 0 Å². The lowest BCUT2D eigenvalue weighted by Crippen LogP contribution is -2.44. The Labute approximate surface area is 139 Å². The van der Waals surface area contributed by atoms with Crippen molar-refractivity contribution < 1.29 is 14.4 Å². The molecule has 1 unspecified atom stereocenters. The molecular formula is C17H22N2O3S. The van der Waals surface area contributed by atoms with E-state index in [1.165, 1.54) is 4.88 Å². The van der Waals surface area contributed by atoms with Crippen LogP contribution in [0.2, 0.25) is 0 Å². The highest BCUT2D eigenvalue weighted by atomic mass is 32.1. The average Bonchev–Trinajstić information content (AvgIpc) is 3.21. The smallest absolute Gasteiger partial charge is 0.276 e. The van der Waals surface area contributed by atoms with Crippen LogP contribution in [0.1, 0.15) is 52.4 Å². The van der Waals surface area contributed by atoms with E-state index in [1.54, 1.807) is 18.3 Å². The fourth-order valence-corrected chi connectivity index (χ4v) is 3.94. The van der Waals surface area contributed by atoms with Gasteiger partial charge in [-0.2, -0.15) is 0 Å². The monoisotopic (exact) mass is 334 g/mol. The Morgan fingerprint density at radius 2 is 2.39 bits per heavy atom. The molecule has 1 atom stereocenters. The average molecular weight is 334 g/mol. The van der Waals surface area contributed by atoms with Gasteiger partial charge in [0.15, 0.2) is 5.69 Å². The lowest BCUT2D eigenvalue weighted by molar-refractivity contribution is 0.0589.